The molecule has 18 heavy (non-hydrogen) atoms. The standard InChI is InChI=1S/C11H17ClN2O2S2/c1-18(15,16)6-5-10(14-13)8-17-11-4-2-3-9(12)7-11/h2-4,7,10,14H,5-6,8,13H2,1H3. The molecule has 0 aliphatic carbocycles. The summed E-state index contributed by atoms with van der Waals surface area (Å²) in [6.45, 7) is 0. The third-order valence-electron chi connectivity index (χ3n) is 2.32. The Bertz CT molecular complexity index is 480. The van der Waals surface area contributed by atoms with Gasteiger partial charge in [-0.3, -0.25) is 11.3 Å². The average molecular weight is 309 g/mol. The molecule has 0 fully saturated rings. The third kappa shape index (κ3) is 6.61. The van der Waals surface area contributed by atoms with E-state index in [2.05, 4.69) is 5.43 Å². The fraction of sp³-hybridized carbons (Fsp3) is 0.455. The molecule has 0 heterocycles. The minimum Gasteiger partial charge on any atom is -0.271 e. The van der Waals surface area contributed by atoms with E-state index in [0.717, 1.165) is 4.90 Å². The van der Waals surface area contributed by atoms with Gasteiger partial charge in [-0.25, -0.2) is 8.42 Å². The van der Waals surface area contributed by atoms with E-state index in [4.69, 9.17) is 17.4 Å². The molecule has 0 saturated heterocycles. The van der Waals surface area contributed by atoms with Gasteiger partial charge in [0, 0.05) is 28.0 Å². The van der Waals surface area contributed by atoms with Crippen LogP contribution in [0.25, 0.3) is 0 Å². The van der Waals surface area contributed by atoms with Crippen LogP contribution in [-0.4, -0.2) is 32.2 Å². The maximum absolute atomic E-state index is 11.1. The van der Waals surface area contributed by atoms with Crippen molar-refractivity contribution in [1.82, 2.24) is 5.43 Å². The second-order valence-electron chi connectivity index (χ2n) is 4.05. The van der Waals surface area contributed by atoms with Gasteiger partial charge in [-0.05, 0) is 24.6 Å². The number of thioether (sulfide) groups is 1. The van der Waals surface area contributed by atoms with Gasteiger partial charge < -0.3 is 0 Å². The highest BCUT2D eigenvalue weighted by atomic mass is 35.5. The van der Waals surface area contributed by atoms with Crippen molar-refractivity contribution in [3.8, 4) is 0 Å². The molecule has 1 unspecified atom stereocenters. The lowest BCUT2D eigenvalue weighted by Crippen LogP contribution is -2.38. The first kappa shape index (κ1) is 15.8. The van der Waals surface area contributed by atoms with Crippen molar-refractivity contribution < 1.29 is 8.42 Å². The van der Waals surface area contributed by atoms with Crippen molar-refractivity contribution in [2.75, 3.05) is 17.8 Å². The number of hydrogen-bond acceptors (Lipinski definition) is 5. The summed E-state index contributed by atoms with van der Waals surface area (Å²) in [7, 11) is -2.94. The van der Waals surface area contributed by atoms with Crippen LogP contribution in [0.15, 0.2) is 29.2 Å². The predicted molar refractivity (Wildman–Crippen MR) is 77.6 cm³/mol. The molecule has 0 aliphatic rings. The van der Waals surface area contributed by atoms with Crippen LogP contribution in [0, 0.1) is 0 Å². The van der Waals surface area contributed by atoms with E-state index in [9.17, 15) is 8.42 Å². The SMILES string of the molecule is CS(=O)(=O)CCC(CSc1cccc(Cl)c1)NN. The smallest absolute Gasteiger partial charge is 0.147 e. The van der Waals surface area contributed by atoms with Crippen molar-refractivity contribution in [3.63, 3.8) is 0 Å². The van der Waals surface area contributed by atoms with Gasteiger partial charge in [0.15, 0.2) is 0 Å². The molecule has 7 heteroatoms. The van der Waals surface area contributed by atoms with Gasteiger partial charge in [-0.15, -0.1) is 11.8 Å². The summed E-state index contributed by atoms with van der Waals surface area (Å²) in [5, 5.41) is 0.688. The molecule has 1 aromatic rings. The molecule has 0 spiro atoms. The summed E-state index contributed by atoms with van der Waals surface area (Å²) in [5.74, 6) is 6.25. The fourth-order valence-corrected chi connectivity index (χ4v) is 3.33. The molecule has 0 saturated carbocycles. The lowest BCUT2D eigenvalue weighted by molar-refractivity contribution is 0.550. The normalized spacial score (nSPS) is 13.5. The zero-order valence-corrected chi connectivity index (χ0v) is 12.5. The van der Waals surface area contributed by atoms with Crippen molar-refractivity contribution in [3.05, 3.63) is 29.3 Å². The van der Waals surface area contributed by atoms with E-state index in [1.165, 1.54) is 6.26 Å². The van der Waals surface area contributed by atoms with E-state index < -0.39 is 9.84 Å². The quantitative estimate of drug-likeness (QED) is 0.456. The van der Waals surface area contributed by atoms with Gasteiger partial charge in [0.2, 0.25) is 0 Å². The maximum Gasteiger partial charge on any atom is 0.147 e. The highest BCUT2D eigenvalue weighted by molar-refractivity contribution is 7.99. The number of halogens is 1. The van der Waals surface area contributed by atoms with Gasteiger partial charge >= 0.3 is 0 Å². The molecule has 0 radical (unpaired) electrons. The highest BCUT2D eigenvalue weighted by Crippen LogP contribution is 2.22. The number of nitrogens with two attached hydrogens (primary N) is 1. The molecule has 0 amide bonds. The zero-order valence-electron chi connectivity index (χ0n) is 10.1. The van der Waals surface area contributed by atoms with Crippen molar-refractivity contribution in [2.24, 2.45) is 5.84 Å². The molecule has 1 rings (SSSR count). The summed E-state index contributed by atoms with van der Waals surface area (Å²) >= 11 is 7.48. The Morgan fingerprint density at radius 2 is 2.22 bits per heavy atom. The lowest BCUT2D eigenvalue weighted by atomic mass is 10.3. The number of hydrazine groups is 1. The lowest BCUT2D eigenvalue weighted by Gasteiger charge is -2.14. The molecular weight excluding hydrogens is 292 g/mol. The Kier molecular flexibility index (Phi) is 6.45. The van der Waals surface area contributed by atoms with Crippen LogP contribution in [0.2, 0.25) is 5.02 Å². The first-order chi connectivity index (χ1) is 8.40. The summed E-state index contributed by atoms with van der Waals surface area (Å²) in [4.78, 5) is 1.04. The molecule has 4 nitrogen and oxygen atoms in total. The number of sulfone groups is 1. The Hall–Kier alpha value is -0.270. The summed E-state index contributed by atoms with van der Waals surface area (Å²) in [6, 6.07) is 7.49. The minimum absolute atomic E-state index is 0.0382. The molecule has 0 aliphatic heterocycles. The van der Waals surface area contributed by atoms with Crippen molar-refractivity contribution >= 4 is 33.2 Å². The van der Waals surface area contributed by atoms with E-state index >= 15 is 0 Å². The van der Waals surface area contributed by atoms with Crippen LogP contribution in [-0.2, 0) is 9.84 Å². The van der Waals surface area contributed by atoms with Crippen LogP contribution in [0.4, 0.5) is 0 Å². The molecule has 3 N–H and O–H groups in total. The number of rotatable bonds is 7. The fourth-order valence-electron chi connectivity index (χ4n) is 1.32. The molecule has 102 valence electrons. The molecular formula is C11H17ClN2O2S2. The molecule has 0 bridgehead atoms. The first-order valence-electron chi connectivity index (χ1n) is 5.43. The second kappa shape index (κ2) is 7.35. The van der Waals surface area contributed by atoms with Gasteiger partial charge in [-0.2, -0.15) is 0 Å². The molecule has 1 aromatic carbocycles. The Balaban J connectivity index is 2.44. The number of benzene rings is 1. The van der Waals surface area contributed by atoms with Crippen LogP contribution >= 0.6 is 23.4 Å². The molecule has 1 atom stereocenters. The van der Waals surface area contributed by atoms with Gasteiger partial charge in [-0.1, -0.05) is 17.7 Å². The Labute approximate surface area is 117 Å². The van der Waals surface area contributed by atoms with Crippen LogP contribution in [0.1, 0.15) is 6.42 Å². The minimum atomic E-state index is -2.94. The van der Waals surface area contributed by atoms with E-state index in [-0.39, 0.29) is 11.8 Å². The third-order valence-corrected chi connectivity index (χ3v) is 4.69. The summed E-state index contributed by atoms with van der Waals surface area (Å²) in [6.07, 6.45) is 1.73. The topological polar surface area (TPSA) is 72.2 Å². The van der Waals surface area contributed by atoms with Crippen molar-refractivity contribution in [1.29, 1.82) is 0 Å². The van der Waals surface area contributed by atoms with Gasteiger partial charge in [0.25, 0.3) is 0 Å². The van der Waals surface area contributed by atoms with Crippen LogP contribution in [0.3, 0.4) is 0 Å². The predicted octanol–water partition coefficient (Wildman–Crippen LogP) is 1.70. The second-order valence-corrected chi connectivity index (χ2v) is 7.84. The zero-order chi connectivity index (χ0) is 13.6. The summed E-state index contributed by atoms with van der Waals surface area (Å²) in [5.41, 5.74) is 2.64. The highest BCUT2D eigenvalue weighted by Gasteiger charge is 2.11. The number of hydrogen-bond donors (Lipinski definition) is 2. The summed E-state index contributed by atoms with van der Waals surface area (Å²) < 4.78 is 22.2. The van der Waals surface area contributed by atoms with Crippen molar-refractivity contribution in [2.45, 2.75) is 17.4 Å². The largest absolute Gasteiger partial charge is 0.271 e. The maximum atomic E-state index is 11.1. The number of nitrogens with one attached hydrogen (secondary N) is 1. The van der Waals surface area contributed by atoms with Gasteiger partial charge in [0.1, 0.15) is 9.84 Å². The van der Waals surface area contributed by atoms with Crippen LogP contribution in [0.5, 0.6) is 0 Å². The monoisotopic (exact) mass is 308 g/mol. The van der Waals surface area contributed by atoms with E-state index in [1.807, 2.05) is 24.3 Å². The average Bonchev–Trinajstić information content (AvgIpc) is 2.28. The van der Waals surface area contributed by atoms with E-state index in [0.29, 0.717) is 17.2 Å². The Morgan fingerprint density at radius 3 is 2.78 bits per heavy atom. The molecule has 0 aromatic heterocycles. The van der Waals surface area contributed by atoms with E-state index in [1.54, 1.807) is 11.8 Å². The van der Waals surface area contributed by atoms with Gasteiger partial charge in [0.05, 0.1) is 5.75 Å². The van der Waals surface area contributed by atoms with Crippen LogP contribution < -0.4 is 11.3 Å². The first-order valence-corrected chi connectivity index (χ1v) is 8.85. The Morgan fingerprint density at radius 1 is 1.50 bits per heavy atom.